The molecule has 2 heterocycles. The highest BCUT2D eigenvalue weighted by Gasteiger charge is 2.25. The molecule has 1 unspecified atom stereocenters. The van der Waals surface area contributed by atoms with Gasteiger partial charge in [-0.05, 0) is 32.8 Å². The lowest BCUT2D eigenvalue weighted by molar-refractivity contribution is 0.0462. The quantitative estimate of drug-likeness (QED) is 0.836. The maximum atomic E-state index is 12.3. The zero-order valence-corrected chi connectivity index (χ0v) is 10.3. The minimum Gasteiger partial charge on any atom is -0.391 e. The monoisotopic (exact) mass is 237 g/mol. The number of β-amino-alcohol motifs (C(OH)–C–C–N with tert-alkyl or cyclic N) is 1. The molecule has 0 spiro atoms. The van der Waals surface area contributed by atoms with Crippen LogP contribution in [0.4, 0.5) is 0 Å². The molecule has 5 nitrogen and oxygen atoms in total. The summed E-state index contributed by atoms with van der Waals surface area (Å²) in [5.74, 6) is -0.0325. The van der Waals surface area contributed by atoms with Gasteiger partial charge in [0.15, 0.2) is 0 Å². The average Bonchev–Trinajstić information content (AvgIpc) is 2.77. The Morgan fingerprint density at radius 2 is 2.35 bits per heavy atom. The molecule has 1 fully saturated rings. The number of hydrogen-bond acceptors (Lipinski definition) is 3. The van der Waals surface area contributed by atoms with Crippen LogP contribution in [-0.2, 0) is 0 Å². The molecule has 1 amide bonds. The number of aliphatic hydroxyl groups excluding tert-OH is 1. The van der Waals surface area contributed by atoms with Crippen molar-refractivity contribution >= 4 is 5.91 Å². The summed E-state index contributed by atoms with van der Waals surface area (Å²) < 4.78 is 1.73. The second-order valence-corrected chi connectivity index (χ2v) is 4.80. The van der Waals surface area contributed by atoms with Crippen LogP contribution in [0.5, 0.6) is 0 Å². The minimum absolute atomic E-state index is 0.0325. The summed E-state index contributed by atoms with van der Waals surface area (Å²) in [6.07, 6.45) is 2.91. The first-order valence-corrected chi connectivity index (χ1v) is 6.10. The number of carbonyl (C=O) groups is 1. The Morgan fingerprint density at radius 3 is 3.00 bits per heavy atom. The van der Waals surface area contributed by atoms with E-state index in [1.807, 2.05) is 13.8 Å². The summed E-state index contributed by atoms with van der Waals surface area (Å²) >= 11 is 0. The molecule has 1 saturated heterocycles. The van der Waals surface area contributed by atoms with Crippen LogP contribution < -0.4 is 0 Å². The van der Waals surface area contributed by atoms with E-state index in [4.69, 9.17) is 0 Å². The van der Waals surface area contributed by atoms with E-state index < -0.39 is 0 Å². The molecule has 5 heteroatoms. The zero-order chi connectivity index (χ0) is 12.4. The number of likely N-dealkylation sites (tertiary alicyclic amines) is 1. The molecule has 1 aliphatic rings. The van der Waals surface area contributed by atoms with Crippen LogP contribution in [0.15, 0.2) is 12.3 Å². The van der Waals surface area contributed by atoms with Gasteiger partial charge in [-0.3, -0.25) is 9.48 Å². The Kier molecular flexibility index (Phi) is 3.47. The van der Waals surface area contributed by atoms with E-state index in [1.54, 1.807) is 21.8 Å². The lowest BCUT2D eigenvalue weighted by Gasteiger charge is -2.30. The van der Waals surface area contributed by atoms with Crippen molar-refractivity contribution in [1.82, 2.24) is 14.7 Å². The van der Waals surface area contributed by atoms with Gasteiger partial charge in [0, 0.05) is 25.3 Å². The molecule has 1 N–H and O–H groups in total. The van der Waals surface area contributed by atoms with Crippen LogP contribution in [0.3, 0.4) is 0 Å². The maximum Gasteiger partial charge on any atom is 0.272 e. The van der Waals surface area contributed by atoms with Gasteiger partial charge in [-0.25, -0.2) is 0 Å². The normalized spacial score (nSPS) is 20.9. The molecule has 0 radical (unpaired) electrons. The number of hydrogen-bond donors (Lipinski definition) is 1. The van der Waals surface area contributed by atoms with Crippen molar-refractivity contribution in [3.05, 3.63) is 18.0 Å². The fraction of sp³-hybridized carbons (Fsp3) is 0.667. The highest BCUT2D eigenvalue weighted by Crippen LogP contribution is 2.15. The van der Waals surface area contributed by atoms with Crippen molar-refractivity contribution < 1.29 is 9.90 Å². The van der Waals surface area contributed by atoms with E-state index in [-0.39, 0.29) is 18.1 Å². The van der Waals surface area contributed by atoms with Gasteiger partial charge in [-0.2, -0.15) is 5.10 Å². The number of amides is 1. The minimum atomic E-state index is -0.386. The number of aliphatic hydroxyl groups is 1. The van der Waals surface area contributed by atoms with Crippen molar-refractivity contribution in [3.63, 3.8) is 0 Å². The van der Waals surface area contributed by atoms with Crippen molar-refractivity contribution in [2.45, 2.75) is 38.8 Å². The summed E-state index contributed by atoms with van der Waals surface area (Å²) in [5, 5.41) is 13.7. The highest BCUT2D eigenvalue weighted by molar-refractivity contribution is 5.92. The molecule has 1 aromatic heterocycles. The SMILES string of the molecule is CC(C)n1nccc1C(=O)N1CCCC(O)C1. The second kappa shape index (κ2) is 4.87. The van der Waals surface area contributed by atoms with E-state index in [0.29, 0.717) is 12.2 Å². The third kappa shape index (κ3) is 2.49. The van der Waals surface area contributed by atoms with Crippen molar-refractivity contribution in [1.29, 1.82) is 0 Å². The van der Waals surface area contributed by atoms with E-state index in [1.165, 1.54) is 0 Å². The Bertz CT molecular complexity index is 400. The van der Waals surface area contributed by atoms with Crippen LogP contribution >= 0.6 is 0 Å². The van der Waals surface area contributed by atoms with E-state index in [0.717, 1.165) is 19.4 Å². The lowest BCUT2D eigenvalue weighted by Crippen LogP contribution is -2.42. The van der Waals surface area contributed by atoms with Crippen molar-refractivity contribution in [2.75, 3.05) is 13.1 Å². The molecule has 0 aliphatic carbocycles. The van der Waals surface area contributed by atoms with Crippen LogP contribution in [0, 0.1) is 0 Å². The summed E-state index contributed by atoms with van der Waals surface area (Å²) in [4.78, 5) is 14.0. The van der Waals surface area contributed by atoms with Gasteiger partial charge in [0.1, 0.15) is 5.69 Å². The maximum absolute atomic E-state index is 12.3. The van der Waals surface area contributed by atoms with Gasteiger partial charge < -0.3 is 10.0 Å². The number of carbonyl (C=O) groups excluding carboxylic acids is 1. The summed E-state index contributed by atoms with van der Waals surface area (Å²) in [6.45, 7) is 5.14. The average molecular weight is 237 g/mol. The summed E-state index contributed by atoms with van der Waals surface area (Å²) in [6, 6.07) is 1.90. The van der Waals surface area contributed by atoms with Crippen molar-refractivity contribution in [3.8, 4) is 0 Å². The van der Waals surface area contributed by atoms with E-state index in [9.17, 15) is 9.90 Å². The number of rotatable bonds is 2. The Morgan fingerprint density at radius 1 is 1.59 bits per heavy atom. The number of nitrogens with zero attached hydrogens (tertiary/aromatic N) is 3. The Balaban J connectivity index is 2.16. The Hall–Kier alpha value is -1.36. The molecular weight excluding hydrogens is 218 g/mol. The lowest BCUT2D eigenvalue weighted by atomic mass is 10.1. The largest absolute Gasteiger partial charge is 0.391 e. The van der Waals surface area contributed by atoms with Gasteiger partial charge in [0.05, 0.1) is 6.10 Å². The second-order valence-electron chi connectivity index (χ2n) is 4.80. The van der Waals surface area contributed by atoms with E-state index in [2.05, 4.69) is 5.10 Å². The molecule has 1 aromatic rings. The molecule has 2 rings (SSSR count). The van der Waals surface area contributed by atoms with Crippen molar-refractivity contribution in [2.24, 2.45) is 0 Å². The molecular formula is C12H19N3O2. The number of aromatic nitrogens is 2. The van der Waals surface area contributed by atoms with Crippen LogP contribution in [0.1, 0.15) is 43.2 Å². The molecule has 1 atom stereocenters. The predicted octanol–water partition coefficient (Wildman–Crippen LogP) is 1.06. The topological polar surface area (TPSA) is 58.4 Å². The fourth-order valence-corrected chi connectivity index (χ4v) is 2.20. The van der Waals surface area contributed by atoms with Crippen LogP contribution in [-0.4, -0.2) is 44.9 Å². The van der Waals surface area contributed by atoms with Gasteiger partial charge >= 0.3 is 0 Å². The third-order valence-electron chi connectivity index (χ3n) is 3.06. The predicted molar refractivity (Wildman–Crippen MR) is 63.8 cm³/mol. The number of piperidine rings is 1. The molecule has 17 heavy (non-hydrogen) atoms. The summed E-state index contributed by atoms with van der Waals surface area (Å²) in [7, 11) is 0. The first kappa shape index (κ1) is 12.1. The molecule has 1 aliphatic heterocycles. The standard InChI is InChI=1S/C12H19N3O2/c1-9(2)15-11(5-6-13-15)12(17)14-7-3-4-10(16)8-14/h5-6,9-10,16H,3-4,7-8H2,1-2H3. The smallest absolute Gasteiger partial charge is 0.272 e. The first-order chi connectivity index (χ1) is 8.09. The third-order valence-corrected chi connectivity index (χ3v) is 3.06. The first-order valence-electron chi connectivity index (χ1n) is 6.10. The van der Waals surface area contributed by atoms with Gasteiger partial charge in [-0.15, -0.1) is 0 Å². The fourth-order valence-electron chi connectivity index (χ4n) is 2.20. The highest BCUT2D eigenvalue weighted by atomic mass is 16.3. The molecule has 0 bridgehead atoms. The molecule has 0 aromatic carbocycles. The van der Waals surface area contributed by atoms with Crippen LogP contribution in [0.2, 0.25) is 0 Å². The molecule has 0 saturated carbocycles. The summed E-state index contributed by atoms with van der Waals surface area (Å²) in [5.41, 5.74) is 0.606. The van der Waals surface area contributed by atoms with Gasteiger partial charge in [0.25, 0.3) is 5.91 Å². The molecule has 94 valence electrons. The Labute approximate surface area is 101 Å². The van der Waals surface area contributed by atoms with Gasteiger partial charge in [-0.1, -0.05) is 0 Å². The van der Waals surface area contributed by atoms with Gasteiger partial charge in [0.2, 0.25) is 0 Å². The van der Waals surface area contributed by atoms with E-state index >= 15 is 0 Å². The zero-order valence-electron chi connectivity index (χ0n) is 10.3. The van der Waals surface area contributed by atoms with Crippen LogP contribution in [0.25, 0.3) is 0 Å².